The Bertz CT molecular complexity index is 801. The largest absolute Gasteiger partial charge is 0.508 e. The highest BCUT2D eigenvalue weighted by Crippen LogP contribution is 2.16. The maximum Gasteiger partial charge on any atom is 0.338 e. The molecule has 26 heavy (non-hydrogen) atoms. The third-order valence-corrected chi connectivity index (χ3v) is 3.01. The van der Waals surface area contributed by atoms with Crippen LogP contribution in [0.5, 0.6) is 17.2 Å². The molecule has 136 valence electrons. The lowest BCUT2D eigenvalue weighted by molar-refractivity contribution is -0.132. The van der Waals surface area contributed by atoms with Crippen LogP contribution in [0.1, 0.15) is 19.4 Å². The normalized spacial score (nSPS) is 10.3. The van der Waals surface area contributed by atoms with Gasteiger partial charge in [0.15, 0.2) is 0 Å². The van der Waals surface area contributed by atoms with Crippen LogP contribution >= 0.6 is 0 Å². The lowest BCUT2D eigenvalue weighted by Crippen LogP contribution is -2.07. The van der Waals surface area contributed by atoms with Crippen molar-refractivity contribution in [3.8, 4) is 17.2 Å². The Balaban J connectivity index is 0.000000260. The minimum atomic E-state index is -0.937. The summed E-state index contributed by atoms with van der Waals surface area (Å²) < 4.78 is 4.88. The minimum Gasteiger partial charge on any atom is -0.508 e. The van der Waals surface area contributed by atoms with E-state index >= 15 is 0 Å². The average Bonchev–Trinajstić information content (AvgIpc) is 2.59. The molecule has 0 fully saturated rings. The van der Waals surface area contributed by atoms with Crippen molar-refractivity contribution in [3.63, 3.8) is 0 Å². The molecule has 0 aliphatic rings. The molecule has 0 aliphatic heterocycles. The van der Waals surface area contributed by atoms with Crippen molar-refractivity contribution >= 4 is 18.0 Å². The maximum absolute atomic E-state index is 11.0. The number of carbonyl (C=O) groups excluding carboxylic acids is 1. The van der Waals surface area contributed by atoms with Crippen molar-refractivity contribution in [2.45, 2.75) is 13.8 Å². The van der Waals surface area contributed by atoms with Crippen LogP contribution in [-0.2, 0) is 9.59 Å². The van der Waals surface area contributed by atoms with Crippen LogP contribution in [-0.4, -0.2) is 27.3 Å². The van der Waals surface area contributed by atoms with E-state index in [4.69, 9.17) is 20.1 Å². The van der Waals surface area contributed by atoms with E-state index < -0.39 is 11.9 Å². The van der Waals surface area contributed by atoms with Gasteiger partial charge < -0.3 is 20.1 Å². The van der Waals surface area contributed by atoms with Crippen LogP contribution in [0.4, 0.5) is 0 Å². The first-order valence-electron chi connectivity index (χ1n) is 7.56. The van der Waals surface area contributed by atoms with Crippen LogP contribution < -0.4 is 4.74 Å². The Hall–Kier alpha value is -3.54. The predicted molar refractivity (Wildman–Crippen MR) is 97.9 cm³/mol. The number of aliphatic carboxylic acids is 1. The molecule has 2 rings (SSSR count). The van der Waals surface area contributed by atoms with E-state index in [-0.39, 0.29) is 17.1 Å². The number of benzene rings is 2. The van der Waals surface area contributed by atoms with Crippen LogP contribution in [0.25, 0.3) is 6.08 Å². The second-order valence-corrected chi connectivity index (χ2v) is 5.39. The van der Waals surface area contributed by atoms with E-state index in [2.05, 4.69) is 6.58 Å². The van der Waals surface area contributed by atoms with Gasteiger partial charge in [0, 0.05) is 11.1 Å². The van der Waals surface area contributed by atoms with E-state index in [9.17, 15) is 9.59 Å². The molecule has 0 aliphatic carbocycles. The summed E-state index contributed by atoms with van der Waals surface area (Å²) in [4.78, 5) is 21.5. The Morgan fingerprint density at radius 3 is 1.81 bits per heavy atom. The standard InChI is InChI=1S/2C10H10O3/c1-7(2)10(12)13-9-5-3-8(11)4-6-9;1-7(10(12)13)6-8-2-4-9(11)5-3-8/h3-6,11H,1H2,2H3;2-6,11H,1H3,(H,12,13). The summed E-state index contributed by atoms with van der Waals surface area (Å²) in [5.41, 5.74) is 1.37. The molecule has 0 saturated carbocycles. The van der Waals surface area contributed by atoms with E-state index in [1.54, 1.807) is 25.1 Å². The average molecular weight is 356 g/mol. The van der Waals surface area contributed by atoms with Crippen molar-refractivity contribution in [2.24, 2.45) is 0 Å². The number of phenolic OH excluding ortho intramolecular Hbond substituents is 2. The van der Waals surface area contributed by atoms with Crippen LogP contribution in [0.15, 0.2) is 66.3 Å². The molecule has 2 aromatic carbocycles. The van der Waals surface area contributed by atoms with Gasteiger partial charge >= 0.3 is 11.9 Å². The third kappa shape index (κ3) is 7.35. The van der Waals surface area contributed by atoms with E-state index in [0.29, 0.717) is 11.3 Å². The van der Waals surface area contributed by atoms with Gasteiger partial charge in [-0.1, -0.05) is 18.7 Å². The van der Waals surface area contributed by atoms with Gasteiger partial charge in [0.05, 0.1) is 0 Å². The zero-order valence-corrected chi connectivity index (χ0v) is 14.5. The molecule has 0 atom stereocenters. The van der Waals surface area contributed by atoms with Crippen molar-refractivity contribution in [1.82, 2.24) is 0 Å². The summed E-state index contributed by atoms with van der Waals surface area (Å²) in [5, 5.41) is 26.5. The van der Waals surface area contributed by atoms with Crippen molar-refractivity contribution < 1.29 is 29.6 Å². The molecule has 0 amide bonds. The smallest absolute Gasteiger partial charge is 0.338 e. The first kappa shape index (κ1) is 20.5. The predicted octanol–water partition coefficient (Wildman–Crippen LogP) is 3.75. The monoisotopic (exact) mass is 356 g/mol. The first-order chi connectivity index (χ1) is 12.2. The quantitative estimate of drug-likeness (QED) is 0.438. The molecular formula is C20H20O6. The highest BCUT2D eigenvalue weighted by molar-refractivity contribution is 5.91. The molecule has 0 saturated heterocycles. The number of hydrogen-bond donors (Lipinski definition) is 3. The van der Waals surface area contributed by atoms with Gasteiger partial charge in [0.2, 0.25) is 0 Å². The second-order valence-electron chi connectivity index (χ2n) is 5.39. The fraction of sp³-hybridized carbons (Fsp3) is 0.100. The molecule has 6 heteroatoms. The summed E-state index contributed by atoms with van der Waals surface area (Å²) >= 11 is 0. The molecule has 0 spiro atoms. The maximum atomic E-state index is 11.0. The molecule has 0 bridgehead atoms. The minimum absolute atomic E-state index is 0.134. The summed E-state index contributed by atoms with van der Waals surface area (Å²) in [5.74, 6) is -0.704. The first-order valence-corrected chi connectivity index (χ1v) is 7.56. The summed E-state index contributed by atoms with van der Waals surface area (Å²) in [6, 6.07) is 12.2. The van der Waals surface area contributed by atoms with Crippen molar-refractivity contribution in [1.29, 1.82) is 0 Å². The Labute approximate surface area is 151 Å². The van der Waals surface area contributed by atoms with Gasteiger partial charge in [0.25, 0.3) is 0 Å². The number of rotatable bonds is 4. The lowest BCUT2D eigenvalue weighted by Gasteiger charge is -2.02. The Morgan fingerprint density at radius 2 is 1.38 bits per heavy atom. The number of carboxylic acids is 1. The number of phenols is 2. The van der Waals surface area contributed by atoms with Gasteiger partial charge in [-0.2, -0.15) is 0 Å². The van der Waals surface area contributed by atoms with Gasteiger partial charge in [-0.25, -0.2) is 9.59 Å². The van der Waals surface area contributed by atoms with Crippen LogP contribution in [0.3, 0.4) is 0 Å². The molecule has 3 N–H and O–H groups in total. The summed E-state index contributed by atoms with van der Waals surface area (Å²) in [7, 11) is 0. The molecule has 0 unspecified atom stereocenters. The number of ether oxygens (including phenoxy) is 1. The fourth-order valence-electron chi connectivity index (χ4n) is 1.59. The van der Waals surface area contributed by atoms with E-state index in [0.717, 1.165) is 5.56 Å². The van der Waals surface area contributed by atoms with Gasteiger partial charge in [-0.15, -0.1) is 0 Å². The fourth-order valence-corrected chi connectivity index (χ4v) is 1.59. The number of carbonyl (C=O) groups is 2. The number of esters is 1. The molecule has 6 nitrogen and oxygen atoms in total. The van der Waals surface area contributed by atoms with Crippen LogP contribution in [0, 0.1) is 0 Å². The van der Waals surface area contributed by atoms with Gasteiger partial charge in [-0.05, 0) is 61.9 Å². The molecule has 0 radical (unpaired) electrons. The second kappa shape index (κ2) is 9.68. The molecular weight excluding hydrogens is 336 g/mol. The molecule has 0 aromatic heterocycles. The lowest BCUT2D eigenvalue weighted by atomic mass is 10.1. The molecule has 0 heterocycles. The van der Waals surface area contributed by atoms with Gasteiger partial charge in [-0.3, -0.25) is 0 Å². The summed E-state index contributed by atoms with van der Waals surface area (Å²) in [6.45, 7) is 6.54. The Kier molecular flexibility index (Phi) is 7.64. The van der Waals surface area contributed by atoms with Crippen molar-refractivity contribution in [2.75, 3.05) is 0 Å². The number of aromatic hydroxyl groups is 2. The highest BCUT2D eigenvalue weighted by Gasteiger charge is 2.04. The molecule has 2 aromatic rings. The highest BCUT2D eigenvalue weighted by atomic mass is 16.5. The summed E-state index contributed by atoms with van der Waals surface area (Å²) in [6.07, 6.45) is 1.54. The zero-order valence-electron chi connectivity index (χ0n) is 14.5. The third-order valence-electron chi connectivity index (χ3n) is 3.01. The number of hydrogen-bond acceptors (Lipinski definition) is 5. The van der Waals surface area contributed by atoms with Crippen LogP contribution in [0.2, 0.25) is 0 Å². The number of carboxylic acid groups (broad SMARTS) is 1. The van der Waals surface area contributed by atoms with E-state index in [1.165, 1.54) is 43.3 Å². The van der Waals surface area contributed by atoms with Crippen molar-refractivity contribution in [3.05, 3.63) is 71.8 Å². The zero-order chi connectivity index (χ0) is 19.7. The van der Waals surface area contributed by atoms with E-state index in [1.807, 2.05) is 0 Å². The SMILES string of the molecule is C=C(C)C(=O)Oc1ccc(O)cc1.CC(=Cc1ccc(O)cc1)C(=O)O. The topological polar surface area (TPSA) is 104 Å². The van der Waals surface area contributed by atoms with Gasteiger partial charge in [0.1, 0.15) is 17.2 Å². The Morgan fingerprint density at radius 1 is 0.923 bits per heavy atom.